The number of fused-ring (bicyclic) bond motifs is 2. The number of nitrogens with two attached hydrogens (primary N) is 2. The molecule has 40 heteroatoms. The van der Waals surface area contributed by atoms with Crippen LogP contribution in [0.1, 0.15) is 54.1 Å². The third kappa shape index (κ3) is 24.1. The smallest absolute Gasteiger partial charge is 0.691 e. The monoisotopic (exact) mass is 1630 g/mol. The van der Waals surface area contributed by atoms with Crippen LogP contribution in [0.4, 0.5) is 56.9 Å². The Balaban J connectivity index is 0.000000213. The van der Waals surface area contributed by atoms with E-state index in [1.807, 2.05) is 50.1 Å². The SMILES string of the molecule is CN(C)c1ccc(N=Nc2ccc(SOO[O-])cc2)c(NC(=O)CN)c1.CN(C)c1ccc(N=Nc2ccc(SOO[O-])cc2)c(NC(=O)CN=[N+]=[N-])c1.NCC(=O)Nc1ccc2c(c1)C(c1ccc(O)cc1)(c1ccc(O)cc1)OC2=O.[N-]=[N+]=NCC(=O)Nc1ccc2c(c1)C(c1ccc(O)cc1)(c1ccc(O)cc1)OC2=O.[Na+].[Na+]. The van der Waals surface area contributed by atoms with E-state index in [0.717, 1.165) is 35.5 Å². The fraction of sp³-hybridized carbons (Fsp3) is 0.132. The van der Waals surface area contributed by atoms with Gasteiger partial charge in [0.25, 0.3) is 0 Å². The maximum Gasteiger partial charge on any atom is 1.00 e. The molecule has 0 aliphatic carbocycles. The summed E-state index contributed by atoms with van der Waals surface area (Å²) in [5.41, 5.74) is 34.5. The number of phenolic OH excluding ortho intramolecular Hbond substituents is 4. The van der Waals surface area contributed by atoms with Gasteiger partial charge in [-0.1, -0.05) is 58.8 Å². The Morgan fingerprint density at radius 2 is 0.767 bits per heavy atom. The quantitative estimate of drug-likeness (QED) is 0.00420. The van der Waals surface area contributed by atoms with Crippen molar-refractivity contribution in [1.82, 2.24) is 0 Å². The number of anilines is 6. The standard InChI is InChI=1S/C22H16N4O5.C22H18N2O5.C16H17N7O4S.C16H19N5O4S.2Na/c23-26-24-12-20(29)25-15-5-10-18-19(11-15)22(31-21(18)30,13-1-6-16(27)7-2-13)14-3-8-17(28)9-4-14;23-12-20(27)24-15-5-10-18-19(11-15)22(29-21(18)28,13-1-6-16(25)7-2-13)14-3-8-17(26)9-4-14;1-23(2)12-5-8-14(15(9-12)19-16(24)10-18-22-17)21-20-11-3-6-13(7-4-11)28-27-26-25;1-21(2)12-5-8-14(15(9-12)18-16(22)10-17)20-19-11-3-6-13(7-4-11)26-25-24-23;;/h1-11,27-28H,12H2,(H,25,29);1-11,25-26H,12,23H2,(H,24,27);3-9,25H,10H2,1-2H3,(H,19,24);3-9,23H,10,17H2,1-2H3,(H,18,22);;/q;;;;2*+1/p-2. The number of nitrogens with zero attached hydrogens (tertiary/aromatic N) is 12. The minimum Gasteiger partial charge on any atom is -0.691 e. The first-order chi connectivity index (χ1) is 54.9. The first-order valence-electron chi connectivity index (χ1n) is 33.4. The first kappa shape index (κ1) is 91.2. The van der Waals surface area contributed by atoms with Gasteiger partial charge in [0.15, 0.2) is 11.2 Å². The number of carbonyl (C=O) groups excluding carboxylic acids is 6. The Morgan fingerprint density at radius 1 is 0.448 bits per heavy atom. The van der Waals surface area contributed by atoms with Crippen molar-refractivity contribution >= 4 is 117 Å². The number of benzene rings is 10. The molecule has 0 fully saturated rings. The van der Waals surface area contributed by atoms with Crippen molar-refractivity contribution in [3.8, 4) is 23.0 Å². The summed E-state index contributed by atoms with van der Waals surface area (Å²) in [6.45, 7) is -0.998. The summed E-state index contributed by atoms with van der Waals surface area (Å²) in [4.78, 5) is 83.0. The first-order valence-corrected chi connectivity index (χ1v) is 34.9. The number of nitrogens with one attached hydrogen (secondary N) is 4. The summed E-state index contributed by atoms with van der Waals surface area (Å²) in [7, 11) is 7.52. The molecule has 0 bridgehead atoms. The Bertz CT molecular complexity index is 5180. The summed E-state index contributed by atoms with van der Waals surface area (Å²) in [6.07, 6.45) is 0. The molecule has 0 saturated carbocycles. The van der Waals surface area contributed by atoms with Crippen molar-refractivity contribution in [2.75, 3.05) is 85.4 Å². The zero-order valence-corrected chi connectivity index (χ0v) is 68.1. The number of aromatic hydroxyl groups is 4. The Labute approximate surface area is 713 Å². The largest absolute Gasteiger partial charge is 1.00 e. The maximum absolute atomic E-state index is 12.8. The van der Waals surface area contributed by atoms with Crippen LogP contribution in [0.15, 0.2) is 259 Å². The Kier molecular flexibility index (Phi) is 34.6. The van der Waals surface area contributed by atoms with E-state index in [0.29, 0.717) is 99.8 Å². The van der Waals surface area contributed by atoms with Crippen LogP contribution in [0.3, 0.4) is 0 Å². The van der Waals surface area contributed by atoms with E-state index in [4.69, 9.17) is 32.0 Å². The van der Waals surface area contributed by atoms with Gasteiger partial charge in [0.05, 0.1) is 71.1 Å². The molecule has 4 amide bonds. The second kappa shape index (κ2) is 44.0. The van der Waals surface area contributed by atoms with Gasteiger partial charge in [-0.05, 0) is 181 Å². The van der Waals surface area contributed by atoms with Gasteiger partial charge in [0.2, 0.25) is 23.6 Å². The third-order valence-electron chi connectivity index (χ3n) is 16.4. The molecule has 10 aromatic rings. The van der Waals surface area contributed by atoms with Gasteiger partial charge < -0.3 is 82.9 Å². The molecule has 116 heavy (non-hydrogen) atoms. The molecular formula is C76H68N18Na2O18S2. The molecule has 0 atom stereocenters. The fourth-order valence-electron chi connectivity index (χ4n) is 11.1. The van der Waals surface area contributed by atoms with Crippen LogP contribution >= 0.6 is 24.1 Å². The number of carbonyl (C=O) groups is 6. The second-order valence-corrected chi connectivity index (χ2v) is 25.8. The van der Waals surface area contributed by atoms with E-state index < -0.39 is 35.0 Å². The number of hydrogen-bond acceptors (Lipinski definition) is 30. The summed E-state index contributed by atoms with van der Waals surface area (Å²) in [5.74, 6) is -2.49. The van der Waals surface area contributed by atoms with Crippen LogP contribution in [0.25, 0.3) is 20.9 Å². The topological polar surface area (TPSA) is 538 Å². The van der Waals surface area contributed by atoms with Gasteiger partial charge >= 0.3 is 71.1 Å². The average molecular weight is 1630 g/mol. The van der Waals surface area contributed by atoms with Crippen molar-refractivity contribution in [2.45, 2.75) is 21.0 Å². The van der Waals surface area contributed by atoms with Gasteiger partial charge in [0, 0.05) is 104 Å². The van der Waals surface area contributed by atoms with Gasteiger partial charge in [-0.15, -0.1) is 10.2 Å². The van der Waals surface area contributed by atoms with Crippen LogP contribution in [0, 0.1) is 0 Å². The van der Waals surface area contributed by atoms with Crippen molar-refractivity contribution in [1.29, 1.82) is 0 Å². The number of rotatable bonds is 26. The van der Waals surface area contributed by atoms with Gasteiger partial charge in [-0.25, -0.2) is 9.59 Å². The molecule has 36 nitrogen and oxygen atoms in total. The zero-order valence-electron chi connectivity index (χ0n) is 62.5. The molecule has 0 saturated heterocycles. The molecule has 2 heterocycles. The molecule has 0 unspecified atom stereocenters. The van der Waals surface area contributed by atoms with E-state index in [2.05, 4.69) is 80.5 Å². The summed E-state index contributed by atoms with van der Waals surface area (Å²) < 4.78 is 20.3. The molecule has 2 aliphatic rings. The summed E-state index contributed by atoms with van der Waals surface area (Å²) in [5, 5.41) is 98.9. The Morgan fingerprint density at radius 3 is 1.09 bits per heavy atom. The number of azo groups is 2. The summed E-state index contributed by atoms with van der Waals surface area (Å²) in [6, 6.07) is 58.9. The molecular weight excluding hydrogens is 1560 g/mol. The van der Waals surface area contributed by atoms with Gasteiger partial charge in [-0.2, -0.15) is 18.9 Å². The maximum atomic E-state index is 12.8. The number of phenols is 4. The average Bonchev–Trinajstić information content (AvgIpc) is 1.57. The molecule has 12 rings (SSSR count). The molecule has 12 N–H and O–H groups in total. The van der Waals surface area contributed by atoms with Crippen molar-refractivity contribution in [3.63, 3.8) is 0 Å². The fourth-order valence-corrected chi connectivity index (χ4v) is 11.8. The van der Waals surface area contributed by atoms with Crippen LogP contribution in [0.2, 0.25) is 0 Å². The molecule has 0 spiro atoms. The zero-order chi connectivity index (χ0) is 81.9. The number of hydrogen-bond donors (Lipinski definition) is 10. The number of cyclic esters (lactones) is 2. The van der Waals surface area contributed by atoms with Crippen LogP contribution in [-0.4, -0.2) is 110 Å². The van der Waals surface area contributed by atoms with Crippen LogP contribution in [0.5, 0.6) is 23.0 Å². The minimum absolute atomic E-state index is 0. The van der Waals surface area contributed by atoms with Crippen molar-refractivity contribution in [3.05, 3.63) is 284 Å². The number of azide groups is 2. The van der Waals surface area contributed by atoms with Crippen molar-refractivity contribution < 1.29 is 147 Å². The third-order valence-corrected chi connectivity index (χ3v) is 17.6. The van der Waals surface area contributed by atoms with E-state index in [9.17, 15) is 59.7 Å². The molecule has 0 aromatic heterocycles. The van der Waals surface area contributed by atoms with Gasteiger partial charge in [0.1, 0.15) is 47.5 Å². The summed E-state index contributed by atoms with van der Waals surface area (Å²) >= 11 is 1.56. The predicted octanol–water partition coefficient (Wildman–Crippen LogP) is 6.22. The second-order valence-electron chi connectivity index (χ2n) is 24.2. The van der Waals surface area contributed by atoms with E-state index in [1.165, 1.54) is 48.5 Å². The van der Waals surface area contributed by atoms with Crippen LogP contribution in [-0.2, 0) is 58.6 Å². The van der Waals surface area contributed by atoms with E-state index in [-0.39, 0.29) is 120 Å². The predicted molar refractivity (Wildman–Crippen MR) is 415 cm³/mol. The molecule has 0 radical (unpaired) electrons. The minimum atomic E-state index is -1.36. The number of amides is 4. The van der Waals surface area contributed by atoms with Gasteiger partial charge in [-0.3, -0.25) is 29.3 Å². The van der Waals surface area contributed by atoms with Crippen molar-refractivity contribution in [2.24, 2.45) is 42.2 Å². The molecule has 10 aromatic carbocycles. The normalized spacial score (nSPS) is 12.2. The van der Waals surface area contributed by atoms with E-state index in [1.54, 1.807) is 158 Å². The van der Waals surface area contributed by atoms with E-state index >= 15 is 0 Å². The Hall–Kier alpha value is -12.0. The number of esters is 2. The number of ether oxygens (including phenoxy) is 2. The molecule has 2 aliphatic heterocycles. The molecule has 584 valence electrons. The van der Waals surface area contributed by atoms with Crippen LogP contribution < -0.4 is 112 Å².